The van der Waals surface area contributed by atoms with Crippen molar-refractivity contribution < 1.29 is 9.18 Å². The molecule has 0 fully saturated rings. The van der Waals surface area contributed by atoms with Crippen LogP contribution >= 0.6 is 0 Å². The molecule has 1 aromatic carbocycles. The van der Waals surface area contributed by atoms with Gasteiger partial charge >= 0.3 is 0 Å². The zero-order chi connectivity index (χ0) is 13.5. The fraction of sp³-hybridized carbons (Fsp3) is 0.562. The van der Waals surface area contributed by atoms with Crippen LogP contribution in [0.25, 0.3) is 0 Å². The summed E-state index contributed by atoms with van der Waals surface area (Å²) in [4.78, 5) is 12.1. The van der Waals surface area contributed by atoms with Crippen LogP contribution < -0.4 is 0 Å². The van der Waals surface area contributed by atoms with Crippen LogP contribution in [0.1, 0.15) is 61.9 Å². The van der Waals surface area contributed by atoms with E-state index in [4.69, 9.17) is 0 Å². The number of hydrogen-bond donors (Lipinski definition) is 0. The highest BCUT2D eigenvalue weighted by Gasteiger charge is 2.14. The maximum atomic E-state index is 13.3. The van der Waals surface area contributed by atoms with Gasteiger partial charge in [-0.15, -0.1) is 0 Å². The van der Waals surface area contributed by atoms with Crippen molar-refractivity contribution in [1.29, 1.82) is 0 Å². The van der Waals surface area contributed by atoms with Gasteiger partial charge in [0.2, 0.25) is 0 Å². The van der Waals surface area contributed by atoms with Crippen LogP contribution in [0, 0.1) is 18.7 Å². The van der Waals surface area contributed by atoms with Crippen LogP contribution in [0.5, 0.6) is 0 Å². The van der Waals surface area contributed by atoms with Crippen LogP contribution in [0.15, 0.2) is 18.2 Å². The molecule has 1 nitrogen and oxygen atoms in total. The Morgan fingerprint density at radius 3 is 2.56 bits per heavy atom. The van der Waals surface area contributed by atoms with Crippen molar-refractivity contribution in [3.05, 3.63) is 35.1 Å². The number of ketones is 1. The molecule has 1 aromatic rings. The van der Waals surface area contributed by atoms with Gasteiger partial charge in [-0.1, -0.05) is 39.5 Å². The van der Waals surface area contributed by atoms with E-state index < -0.39 is 0 Å². The highest BCUT2D eigenvalue weighted by Crippen LogP contribution is 2.20. The van der Waals surface area contributed by atoms with Crippen LogP contribution in [-0.2, 0) is 0 Å². The summed E-state index contributed by atoms with van der Waals surface area (Å²) >= 11 is 0. The van der Waals surface area contributed by atoms with Crippen LogP contribution in [0.4, 0.5) is 4.39 Å². The molecule has 18 heavy (non-hydrogen) atoms. The number of unbranched alkanes of at least 4 members (excludes halogenated alkanes) is 1. The molecule has 0 bridgehead atoms. The number of carbonyl (C=O) groups is 1. The molecule has 0 saturated carbocycles. The molecule has 0 spiro atoms. The maximum Gasteiger partial charge on any atom is 0.163 e. The highest BCUT2D eigenvalue weighted by atomic mass is 19.1. The minimum absolute atomic E-state index is 0.0700. The summed E-state index contributed by atoms with van der Waals surface area (Å²) in [5, 5.41) is 0. The molecule has 0 aliphatic rings. The van der Waals surface area contributed by atoms with Crippen molar-refractivity contribution in [2.24, 2.45) is 5.92 Å². The van der Waals surface area contributed by atoms with Gasteiger partial charge in [0.15, 0.2) is 5.78 Å². The number of halogens is 1. The van der Waals surface area contributed by atoms with Gasteiger partial charge in [0, 0.05) is 12.0 Å². The molecule has 2 heteroatoms. The van der Waals surface area contributed by atoms with Crippen molar-refractivity contribution in [2.45, 2.75) is 52.9 Å². The standard InChI is InChI=1S/C16H23FO/c1-4-6-7-13(5-2)10-16(18)14-8-12(3)9-15(17)11-14/h8-9,11,13H,4-7,10H2,1-3H3. The molecule has 0 amide bonds. The summed E-state index contributed by atoms with van der Waals surface area (Å²) in [6.07, 6.45) is 4.96. The Labute approximate surface area is 109 Å². The summed E-state index contributed by atoms with van der Waals surface area (Å²) < 4.78 is 13.3. The first-order valence-electron chi connectivity index (χ1n) is 6.87. The van der Waals surface area contributed by atoms with E-state index in [1.165, 1.54) is 12.1 Å². The third-order valence-corrected chi connectivity index (χ3v) is 3.38. The Morgan fingerprint density at radius 2 is 2.00 bits per heavy atom. The number of carbonyl (C=O) groups excluding carboxylic acids is 1. The molecule has 100 valence electrons. The van der Waals surface area contributed by atoms with Gasteiger partial charge in [0.05, 0.1) is 0 Å². The molecule has 0 aliphatic carbocycles. The second-order valence-electron chi connectivity index (χ2n) is 5.06. The average Bonchev–Trinajstić information content (AvgIpc) is 2.32. The van der Waals surface area contributed by atoms with E-state index in [2.05, 4.69) is 13.8 Å². The highest BCUT2D eigenvalue weighted by molar-refractivity contribution is 5.96. The molecule has 1 atom stereocenters. The zero-order valence-electron chi connectivity index (χ0n) is 11.6. The van der Waals surface area contributed by atoms with E-state index in [0.29, 0.717) is 17.9 Å². The molecule has 0 N–H and O–H groups in total. The van der Waals surface area contributed by atoms with Crippen LogP contribution in [0.2, 0.25) is 0 Å². The molecule has 0 aliphatic heterocycles. The fourth-order valence-corrected chi connectivity index (χ4v) is 2.22. The predicted octanol–water partition coefficient (Wildman–Crippen LogP) is 4.92. The van der Waals surface area contributed by atoms with Crippen molar-refractivity contribution in [1.82, 2.24) is 0 Å². The number of rotatable bonds is 7. The Morgan fingerprint density at radius 1 is 1.28 bits per heavy atom. The number of benzene rings is 1. The second kappa shape index (κ2) is 7.30. The fourth-order valence-electron chi connectivity index (χ4n) is 2.22. The van der Waals surface area contributed by atoms with E-state index in [1.807, 2.05) is 6.92 Å². The van der Waals surface area contributed by atoms with E-state index in [1.54, 1.807) is 6.07 Å². The maximum absolute atomic E-state index is 13.3. The lowest BCUT2D eigenvalue weighted by Crippen LogP contribution is -2.09. The number of hydrogen-bond acceptors (Lipinski definition) is 1. The van der Waals surface area contributed by atoms with Crippen LogP contribution in [-0.4, -0.2) is 5.78 Å². The third kappa shape index (κ3) is 4.59. The Kier molecular flexibility index (Phi) is 6.03. The quantitative estimate of drug-likeness (QED) is 0.627. The van der Waals surface area contributed by atoms with Gasteiger partial charge in [0.25, 0.3) is 0 Å². The first-order valence-corrected chi connectivity index (χ1v) is 6.87. The van der Waals surface area contributed by atoms with Crippen molar-refractivity contribution in [3.8, 4) is 0 Å². The van der Waals surface area contributed by atoms with Gasteiger partial charge < -0.3 is 0 Å². The SMILES string of the molecule is CCCCC(CC)CC(=O)c1cc(C)cc(F)c1. The third-order valence-electron chi connectivity index (χ3n) is 3.38. The average molecular weight is 250 g/mol. The first kappa shape index (κ1) is 14.9. The summed E-state index contributed by atoms with van der Waals surface area (Å²) in [6.45, 7) is 6.09. The lowest BCUT2D eigenvalue weighted by Gasteiger charge is -2.13. The van der Waals surface area contributed by atoms with Crippen LogP contribution in [0.3, 0.4) is 0 Å². The van der Waals surface area contributed by atoms with Crippen molar-refractivity contribution >= 4 is 5.78 Å². The van der Waals surface area contributed by atoms with E-state index in [-0.39, 0.29) is 11.6 Å². The second-order valence-corrected chi connectivity index (χ2v) is 5.06. The summed E-state index contributed by atoms with van der Waals surface area (Å²) in [7, 11) is 0. The molecule has 0 heterocycles. The lowest BCUT2D eigenvalue weighted by molar-refractivity contribution is 0.0956. The van der Waals surface area contributed by atoms with Gasteiger partial charge in [-0.25, -0.2) is 4.39 Å². The van der Waals surface area contributed by atoms with E-state index >= 15 is 0 Å². The molecular weight excluding hydrogens is 227 g/mol. The molecular formula is C16H23FO. The summed E-state index contributed by atoms with van der Waals surface area (Å²) in [6, 6.07) is 4.57. The Hall–Kier alpha value is -1.18. The summed E-state index contributed by atoms with van der Waals surface area (Å²) in [5.41, 5.74) is 1.32. The molecule has 1 unspecified atom stereocenters. The zero-order valence-corrected chi connectivity index (χ0v) is 11.6. The minimum atomic E-state index is -0.319. The lowest BCUT2D eigenvalue weighted by atomic mass is 9.91. The number of aryl methyl sites for hydroxylation is 1. The molecule has 0 saturated heterocycles. The van der Waals surface area contributed by atoms with Crippen molar-refractivity contribution in [3.63, 3.8) is 0 Å². The summed E-state index contributed by atoms with van der Waals surface area (Å²) in [5.74, 6) is 0.182. The molecule has 1 rings (SSSR count). The van der Waals surface area contributed by atoms with Gasteiger partial charge in [-0.05, 0) is 36.6 Å². The van der Waals surface area contributed by atoms with Gasteiger partial charge in [-0.2, -0.15) is 0 Å². The molecule has 0 radical (unpaired) electrons. The van der Waals surface area contributed by atoms with E-state index in [0.717, 1.165) is 31.2 Å². The Balaban J connectivity index is 2.68. The van der Waals surface area contributed by atoms with E-state index in [9.17, 15) is 9.18 Å². The van der Waals surface area contributed by atoms with Crippen molar-refractivity contribution in [2.75, 3.05) is 0 Å². The van der Waals surface area contributed by atoms with Gasteiger partial charge in [-0.3, -0.25) is 4.79 Å². The largest absolute Gasteiger partial charge is 0.294 e. The topological polar surface area (TPSA) is 17.1 Å². The number of Topliss-reactive ketones (excluding diaryl/α,β-unsaturated/α-hetero) is 1. The minimum Gasteiger partial charge on any atom is -0.294 e. The smallest absolute Gasteiger partial charge is 0.163 e. The van der Waals surface area contributed by atoms with Gasteiger partial charge in [0.1, 0.15) is 5.82 Å². The monoisotopic (exact) mass is 250 g/mol. The predicted molar refractivity (Wildman–Crippen MR) is 73.4 cm³/mol. The Bertz CT molecular complexity index is 378. The molecule has 0 aromatic heterocycles. The first-order chi connectivity index (χ1) is 8.56. The normalized spacial score (nSPS) is 12.4.